The van der Waals surface area contributed by atoms with E-state index in [0.717, 1.165) is 25.1 Å². The summed E-state index contributed by atoms with van der Waals surface area (Å²) in [6, 6.07) is 5.46. The van der Waals surface area contributed by atoms with Crippen LogP contribution in [0.5, 0.6) is 0 Å². The Balaban J connectivity index is 2.06. The van der Waals surface area contributed by atoms with Crippen LogP contribution in [0.15, 0.2) is 18.2 Å². The molecule has 18 heavy (non-hydrogen) atoms. The second-order valence-electron chi connectivity index (χ2n) is 4.95. The number of hydrogen-bond donors (Lipinski definition) is 2. The Morgan fingerprint density at radius 2 is 2.22 bits per heavy atom. The molecule has 0 heterocycles. The lowest BCUT2D eigenvalue weighted by Gasteiger charge is -2.40. The Bertz CT molecular complexity index is 448. The molecular weight excluding hydrogens is 228 g/mol. The highest BCUT2D eigenvalue weighted by Gasteiger charge is 2.36. The molecule has 0 aliphatic heterocycles. The molecule has 1 aliphatic rings. The minimum absolute atomic E-state index is 0.0127. The fraction of sp³-hybridized carbons (Fsp3) is 0.500. The number of anilines is 2. The average Bonchev–Trinajstić information content (AvgIpc) is 2.30. The number of methoxy groups -OCH3 is 1. The van der Waals surface area contributed by atoms with Gasteiger partial charge in [-0.3, -0.25) is 4.79 Å². The van der Waals surface area contributed by atoms with Gasteiger partial charge in [-0.05, 0) is 44.4 Å². The topological polar surface area (TPSA) is 64.3 Å². The van der Waals surface area contributed by atoms with Gasteiger partial charge in [0.15, 0.2) is 5.78 Å². The van der Waals surface area contributed by atoms with E-state index < -0.39 is 0 Å². The minimum Gasteiger partial charge on any atom is -0.398 e. The van der Waals surface area contributed by atoms with Gasteiger partial charge in [-0.25, -0.2) is 0 Å². The number of ketones is 1. The number of rotatable bonds is 5. The summed E-state index contributed by atoms with van der Waals surface area (Å²) in [4.78, 5) is 11.4. The number of hydrogen-bond acceptors (Lipinski definition) is 4. The van der Waals surface area contributed by atoms with E-state index in [1.54, 1.807) is 19.2 Å². The van der Waals surface area contributed by atoms with Crippen molar-refractivity contribution in [2.75, 3.05) is 24.7 Å². The number of benzene rings is 1. The number of ether oxygens (including phenoxy) is 1. The zero-order valence-corrected chi connectivity index (χ0v) is 11.0. The number of carbonyl (C=O) groups is 1. The van der Waals surface area contributed by atoms with Crippen molar-refractivity contribution in [1.82, 2.24) is 0 Å². The van der Waals surface area contributed by atoms with E-state index in [4.69, 9.17) is 10.5 Å². The van der Waals surface area contributed by atoms with Crippen LogP contribution >= 0.6 is 0 Å². The highest BCUT2D eigenvalue weighted by molar-refractivity contribution is 6.00. The first-order chi connectivity index (χ1) is 8.56. The molecule has 0 spiro atoms. The maximum absolute atomic E-state index is 11.4. The maximum atomic E-state index is 11.4. The Morgan fingerprint density at radius 1 is 1.50 bits per heavy atom. The Kier molecular flexibility index (Phi) is 3.57. The largest absolute Gasteiger partial charge is 0.398 e. The predicted octanol–water partition coefficient (Wildman–Crippen LogP) is 2.45. The summed E-state index contributed by atoms with van der Waals surface area (Å²) in [7, 11) is 1.75. The van der Waals surface area contributed by atoms with E-state index in [2.05, 4.69) is 5.32 Å². The van der Waals surface area contributed by atoms with Crippen LogP contribution in [-0.4, -0.2) is 25.0 Å². The molecule has 1 saturated carbocycles. The van der Waals surface area contributed by atoms with Gasteiger partial charge in [0, 0.05) is 30.6 Å². The highest BCUT2D eigenvalue weighted by atomic mass is 16.5. The van der Waals surface area contributed by atoms with Crippen LogP contribution in [0.3, 0.4) is 0 Å². The van der Waals surface area contributed by atoms with Crippen LogP contribution in [0.2, 0.25) is 0 Å². The number of carbonyl (C=O) groups excluding carboxylic acids is 1. The quantitative estimate of drug-likeness (QED) is 0.620. The second kappa shape index (κ2) is 4.98. The van der Waals surface area contributed by atoms with Crippen LogP contribution in [0.25, 0.3) is 0 Å². The highest BCUT2D eigenvalue weighted by Crippen LogP contribution is 2.35. The van der Waals surface area contributed by atoms with E-state index in [0.29, 0.717) is 11.3 Å². The molecule has 0 saturated heterocycles. The summed E-state index contributed by atoms with van der Waals surface area (Å²) < 4.78 is 5.54. The molecule has 2 rings (SSSR count). The zero-order chi connectivity index (χ0) is 13.2. The van der Waals surface area contributed by atoms with Gasteiger partial charge in [-0.2, -0.15) is 0 Å². The molecule has 1 aromatic rings. The van der Waals surface area contributed by atoms with Gasteiger partial charge in [-0.15, -0.1) is 0 Å². The molecule has 0 bridgehead atoms. The van der Waals surface area contributed by atoms with E-state index >= 15 is 0 Å². The molecule has 0 amide bonds. The molecule has 4 heteroatoms. The van der Waals surface area contributed by atoms with E-state index in [-0.39, 0.29) is 11.4 Å². The van der Waals surface area contributed by atoms with Crippen LogP contribution in [0.1, 0.15) is 36.5 Å². The van der Waals surface area contributed by atoms with Gasteiger partial charge in [0.25, 0.3) is 0 Å². The Morgan fingerprint density at radius 3 is 2.72 bits per heavy atom. The molecule has 3 N–H and O–H groups in total. The van der Waals surface area contributed by atoms with Crippen molar-refractivity contribution in [2.24, 2.45) is 0 Å². The smallest absolute Gasteiger partial charge is 0.161 e. The summed E-state index contributed by atoms with van der Waals surface area (Å²) in [5, 5.41) is 3.33. The summed E-state index contributed by atoms with van der Waals surface area (Å²) in [5.41, 5.74) is 7.74. The number of nitrogens with two attached hydrogens (primary N) is 1. The van der Waals surface area contributed by atoms with Crippen molar-refractivity contribution in [3.63, 3.8) is 0 Å². The molecule has 1 aliphatic carbocycles. The first kappa shape index (κ1) is 12.9. The zero-order valence-electron chi connectivity index (χ0n) is 11.0. The van der Waals surface area contributed by atoms with Crippen molar-refractivity contribution in [3.8, 4) is 0 Å². The number of Topliss-reactive ketones (excluding diaryl/α,β-unsaturated/α-hetero) is 1. The predicted molar refractivity (Wildman–Crippen MR) is 72.9 cm³/mol. The van der Waals surface area contributed by atoms with Gasteiger partial charge in [0.2, 0.25) is 0 Å². The van der Waals surface area contributed by atoms with Crippen LogP contribution in [0, 0.1) is 0 Å². The first-order valence-electron chi connectivity index (χ1n) is 6.26. The summed E-state index contributed by atoms with van der Waals surface area (Å²) in [6.07, 6.45) is 3.39. The lowest BCUT2D eigenvalue weighted by Crippen LogP contribution is -2.45. The first-order valence-corrected chi connectivity index (χ1v) is 6.26. The van der Waals surface area contributed by atoms with Crippen LogP contribution < -0.4 is 11.1 Å². The third-order valence-corrected chi connectivity index (χ3v) is 3.75. The van der Waals surface area contributed by atoms with E-state index in [1.165, 1.54) is 13.3 Å². The molecule has 98 valence electrons. The fourth-order valence-electron chi connectivity index (χ4n) is 2.26. The Labute approximate surface area is 108 Å². The SMILES string of the molecule is COC1(CNc2ccc(N)c(C(C)=O)c2)CCC1. The van der Waals surface area contributed by atoms with Gasteiger partial charge >= 0.3 is 0 Å². The number of nitrogens with one attached hydrogen (secondary N) is 1. The third kappa shape index (κ3) is 2.48. The Hall–Kier alpha value is -1.55. The van der Waals surface area contributed by atoms with Gasteiger partial charge in [-0.1, -0.05) is 0 Å². The summed E-state index contributed by atoms with van der Waals surface area (Å²) in [6.45, 7) is 2.29. The van der Waals surface area contributed by atoms with E-state index in [9.17, 15) is 4.79 Å². The van der Waals surface area contributed by atoms with Gasteiger partial charge in [0.05, 0.1) is 5.60 Å². The van der Waals surface area contributed by atoms with Gasteiger partial charge < -0.3 is 15.8 Å². The summed E-state index contributed by atoms with van der Waals surface area (Å²) >= 11 is 0. The molecule has 0 aromatic heterocycles. The molecule has 0 radical (unpaired) electrons. The molecule has 0 atom stereocenters. The van der Waals surface area contributed by atoms with Crippen molar-refractivity contribution in [1.29, 1.82) is 0 Å². The standard InChI is InChI=1S/C14H20N2O2/c1-10(17)12-8-11(4-5-13(12)15)16-9-14(18-2)6-3-7-14/h4-5,8,16H,3,6-7,9,15H2,1-2H3. The second-order valence-corrected chi connectivity index (χ2v) is 4.95. The number of nitrogen functional groups attached to an aromatic ring is 1. The van der Waals surface area contributed by atoms with E-state index in [1.807, 2.05) is 6.07 Å². The maximum Gasteiger partial charge on any atom is 0.161 e. The van der Waals surface area contributed by atoms with Crippen LogP contribution in [-0.2, 0) is 4.74 Å². The third-order valence-electron chi connectivity index (χ3n) is 3.75. The molecule has 1 aromatic carbocycles. The van der Waals surface area contributed by atoms with Crippen molar-refractivity contribution in [3.05, 3.63) is 23.8 Å². The van der Waals surface area contributed by atoms with Crippen molar-refractivity contribution >= 4 is 17.2 Å². The molecule has 4 nitrogen and oxygen atoms in total. The average molecular weight is 248 g/mol. The van der Waals surface area contributed by atoms with Crippen molar-refractivity contribution < 1.29 is 9.53 Å². The molecule has 0 unspecified atom stereocenters. The minimum atomic E-state index is -0.0300. The molecule has 1 fully saturated rings. The lowest BCUT2D eigenvalue weighted by atomic mass is 9.80. The van der Waals surface area contributed by atoms with Crippen molar-refractivity contribution in [2.45, 2.75) is 31.8 Å². The fourth-order valence-corrected chi connectivity index (χ4v) is 2.26. The monoisotopic (exact) mass is 248 g/mol. The van der Waals surface area contributed by atoms with Crippen LogP contribution in [0.4, 0.5) is 11.4 Å². The van der Waals surface area contributed by atoms with Gasteiger partial charge in [0.1, 0.15) is 0 Å². The lowest BCUT2D eigenvalue weighted by molar-refractivity contribution is -0.0601. The summed E-state index contributed by atoms with van der Waals surface area (Å²) in [5.74, 6) is -0.0127. The molecular formula is C14H20N2O2. The normalized spacial score (nSPS) is 17.0.